The molecule has 0 rings (SSSR count). The quantitative estimate of drug-likeness (QED) is 0.120. The maximum atomic E-state index is 12.8. The Labute approximate surface area is 250 Å². The lowest BCUT2D eigenvalue weighted by atomic mass is 10.1. The zero-order valence-electron chi connectivity index (χ0n) is 26.9. The number of carbonyl (C=O) groups excluding carboxylic acids is 5. The number of nitrogens with one attached hydrogen (secondary N) is 5. The summed E-state index contributed by atoms with van der Waals surface area (Å²) in [5.74, 6) is -0.813. The van der Waals surface area contributed by atoms with Crippen molar-refractivity contribution in [1.29, 1.82) is 0 Å². The van der Waals surface area contributed by atoms with E-state index in [1.165, 1.54) is 0 Å². The van der Waals surface area contributed by atoms with Crippen molar-refractivity contribution in [1.82, 2.24) is 26.6 Å². The summed E-state index contributed by atoms with van der Waals surface area (Å²) in [7, 11) is 0. The highest BCUT2D eigenvalue weighted by atomic mass is 16.6. The van der Waals surface area contributed by atoms with Gasteiger partial charge in [-0.15, -0.1) is 0 Å². The van der Waals surface area contributed by atoms with Gasteiger partial charge in [-0.2, -0.15) is 0 Å². The Morgan fingerprint density at radius 2 is 0.929 bits per heavy atom. The van der Waals surface area contributed by atoms with Gasteiger partial charge in [-0.3, -0.25) is 9.59 Å². The van der Waals surface area contributed by atoms with E-state index in [4.69, 9.17) is 19.9 Å². The standard InChI is InChI=1S/C28H54N6O8/c1-26(2,3)40-23(37)32-18-17-31-22(36)19(33-24(38)41-27(4,5)6)13-10-11-16-30-21(35)20(14-12-15-29)34-25(39)42-28(7,8)9/h19-20H,10-18,29H2,1-9H3,(H,30,35)(H,31,36)(H,32,37)(H,33,38)(H,34,39)/t19-,20-/m0/s1. The van der Waals surface area contributed by atoms with Crippen molar-refractivity contribution in [3.63, 3.8) is 0 Å². The molecular weight excluding hydrogens is 548 g/mol. The van der Waals surface area contributed by atoms with E-state index in [-0.39, 0.29) is 32.0 Å². The van der Waals surface area contributed by atoms with E-state index in [1.807, 2.05) is 0 Å². The summed E-state index contributed by atoms with van der Waals surface area (Å²) in [6.07, 6.45) is 0.114. The number of carbonyl (C=O) groups is 5. The lowest BCUT2D eigenvalue weighted by molar-refractivity contribution is -0.124. The maximum Gasteiger partial charge on any atom is 0.408 e. The van der Waals surface area contributed by atoms with E-state index < -0.39 is 53.1 Å². The Morgan fingerprint density at radius 1 is 0.548 bits per heavy atom. The summed E-state index contributed by atoms with van der Waals surface area (Å²) in [6.45, 7) is 16.5. The van der Waals surface area contributed by atoms with Gasteiger partial charge in [-0.25, -0.2) is 14.4 Å². The highest BCUT2D eigenvalue weighted by Crippen LogP contribution is 2.10. The second kappa shape index (κ2) is 18.3. The smallest absolute Gasteiger partial charge is 0.408 e. The molecule has 0 aliphatic rings. The zero-order valence-corrected chi connectivity index (χ0v) is 26.9. The fraction of sp³-hybridized carbons (Fsp3) is 0.821. The van der Waals surface area contributed by atoms with E-state index in [0.717, 1.165) is 0 Å². The Balaban J connectivity index is 4.91. The molecule has 0 unspecified atom stereocenters. The van der Waals surface area contributed by atoms with Crippen LogP contribution in [0.3, 0.4) is 0 Å². The van der Waals surface area contributed by atoms with Gasteiger partial charge in [0.15, 0.2) is 0 Å². The van der Waals surface area contributed by atoms with E-state index in [2.05, 4.69) is 26.6 Å². The summed E-state index contributed by atoms with van der Waals surface area (Å²) < 4.78 is 15.7. The zero-order chi connectivity index (χ0) is 32.6. The predicted molar refractivity (Wildman–Crippen MR) is 159 cm³/mol. The number of alkyl carbamates (subject to hydrolysis) is 3. The molecule has 0 aromatic rings. The first-order valence-electron chi connectivity index (χ1n) is 14.4. The second-order valence-corrected chi connectivity index (χ2v) is 12.8. The highest BCUT2D eigenvalue weighted by molar-refractivity contribution is 5.86. The number of amides is 5. The molecule has 0 aliphatic carbocycles. The maximum absolute atomic E-state index is 12.8. The summed E-state index contributed by atoms with van der Waals surface area (Å²) in [5.41, 5.74) is 3.47. The number of nitrogens with two attached hydrogens (primary N) is 1. The molecule has 0 fully saturated rings. The number of ether oxygens (including phenoxy) is 3. The Kier molecular flexibility index (Phi) is 16.9. The molecule has 0 spiro atoms. The Morgan fingerprint density at radius 3 is 1.36 bits per heavy atom. The normalized spacial score (nSPS) is 13.2. The number of unbranched alkanes of at least 4 members (excludes halogenated alkanes) is 1. The molecule has 5 amide bonds. The molecule has 0 bridgehead atoms. The van der Waals surface area contributed by atoms with Gasteiger partial charge < -0.3 is 46.5 Å². The van der Waals surface area contributed by atoms with Crippen LogP contribution in [0.2, 0.25) is 0 Å². The molecule has 2 atom stereocenters. The summed E-state index contributed by atoms with van der Waals surface area (Å²) >= 11 is 0. The Bertz CT molecular complexity index is 877. The molecule has 42 heavy (non-hydrogen) atoms. The van der Waals surface area contributed by atoms with Crippen molar-refractivity contribution in [3.05, 3.63) is 0 Å². The molecule has 14 heteroatoms. The van der Waals surface area contributed by atoms with Crippen molar-refractivity contribution in [2.24, 2.45) is 5.73 Å². The first-order chi connectivity index (χ1) is 19.2. The third kappa shape index (κ3) is 21.5. The molecule has 244 valence electrons. The van der Waals surface area contributed by atoms with Gasteiger partial charge in [0, 0.05) is 19.6 Å². The summed E-state index contributed by atoms with van der Waals surface area (Å²) in [5, 5.41) is 13.2. The van der Waals surface area contributed by atoms with Gasteiger partial charge >= 0.3 is 18.3 Å². The first kappa shape index (κ1) is 38.7. The van der Waals surface area contributed by atoms with E-state index in [0.29, 0.717) is 32.2 Å². The van der Waals surface area contributed by atoms with Gasteiger partial charge in [0.2, 0.25) is 11.8 Å². The fourth-order valence-electron chi connectivity index (χ4n) is 3.36. The second-order valence-electron chi connectivity index (χ2n) is 12.8. The number of hydrogen-bond donors (Lipinski definition) is 6. The molecule has 0 aliphatic heterocycles. The fourth-order valence-corrected chi connectivity index (χ4v) is 3.36. The van der Waals surface area contributed by atoms with Crippen LogP contribution in [0, 0.1) is 0 Å². The minimum absolute atomic E-state index is 0.121. The first-order valence-corrected chi connectivity index (χ1v) is 14.4. The van der Waals surface area contributed by atoms with E-state index in [1.54, 1.807) is 62.3 Å². The van der Waals surface area contributed by atoms with Crippen LogP contribution in [-0.2, 0) is 23.8 Å². The topological polar surface area (TPSA) is 199 Å². The van der Waals surface area contributed by atoms with Gasteiger partial charge in [-0.1, -0.05) is 0 Å². The van der Waals surface area contributed by atoms with Gasteiger partial charge in [-0.05, 0) is 101 Å². The molecule has 0 radical (unpaired) electrons. The molecule has 0 saturated carbocycles. The molecule has 0 heterocycles. The van der Waals surface area contributed by atoms with E-state index >= 15 is 0 Å². The average Bonchev–Trinajstić information content (AvgIpc) is 2.79. The largest absolute Gasteiger partial charge is 0.444 e. The molecule has 7 N–H and O–H groups in total. The molecule has 0 aromatic carbocycles. The van der Waals surface area contributed by atoms with Crippen molar-refractivity contribution >= 4 is 30.1 Å². The minimum atomic E-state index is -0.900. The van der Waals surface area contributed by atoms with Crippen LogP contribution in [0.15, 0.2) is 0 Å². The van der Waals surface area contributed by atoms with Crippen molar-refractivity contribution < 1.29 is 38.2 Å². The van der Waals surface area contributed by atoms with Gasteiger partial charge in [0.1, 0.15) is 28.9 Å². The lowest BCUT2D eigenvalue weighted by Crippen LogP contribution is -2.49. The summed E-state index contributed by atoms with van der Waals surface area (Å²) in [6, 6.07) is -1.70. The van der Waals surface area contributed by atoms with Crippen LogP contribution in [0.1, 0.15) is 94.4 Å². The van der Waals surface area contributed by atoms with Crippen molar-refractivity contribution in [3.8, 4) is 0 Å². The van der Waals surface area contributed by atoms with Crippen LogP contribution < -0.4 is 32.3 Å². The third-order valence-corrected chi connectivity index (χ3v) is 5.02. The van der Waals surface area contributed by atoms with Crippen LogP contribution >= 0.6 is 0 Å². The SMILES string of the molecule is CC(C)(C)OC(=O)NCCNC(=O)[C@H](CCCCNC(=O)[C@H](CCCN)NC(=O)OC(C)(C)C)NC(=O)OC(C)(C)C. The Hall–Kier alpha value is -3.29. The molecule has 0 aromatic heterocycles. The van der Waals surface area contributed by atoms with Gasteiger partial charge in [0.05, 0.1) is 0 Å². The molecular formula is C28H54N6O8. The van der Waals surface area contributed by atoms with Crippen molar-refractivity contribution in [2.45, 2.75) is 123 Å². The van der Waals surface area contributed by atoms with Crippen LogP contribution in [-0.4, -0.2) is 85.2 Å². The molecule has 0 saturated heterocycles. The van der Waals surface area contributed by atoms with Crippen LogP contribution in [0.5, 0.6) is 0 Å². The number of hydrogen-bond acceptors (Lipinski definition) is 9. The van der Waals surface area contributed by atoms with Crippen LogP contribution in [0.4, 0.5) is 14.4 Å². The monoisotopic (exact) mass is 602 g/mol. The van der Waals surface area contributed by atoms with Gasteiger partial charge in [0.25, 0.3) is 0 Å². The third-order valence-electron chi connectivity index (χ3n) is 5.02. The number of rotatable bonds is 15. The summed E-state index contributed by atoms with van der Waals surface area (Å²) in [4.78, 5) is 61.8. The lowest BCUT2D eigenvalue weighted by Gasteiger charge is -2.24. The highest BCUT2D eigenvalue weighted by Gasteiger charge is 2.26. The van der Waals surface area contributed by atoms with E-state index in [9.17, 15) is 24.0 Å². The molecule has 14 nitrogen and oxygen atoms in total. The van der Waals surface area contributed by atoms with Crippen LogP contribution in [0.25, 0.3) is 0 Å². The predicted octanol–water partition coefficient (Wildman–Crippen LogP) is 2.44. The van der Waals surface area contributed by atoms with Crippen molar-refractivity contribution in [2.75, 3.05) is 26.2 Å². The average molecular weight is 603 g/mol. The minimum Gasteiger partial charge on any atom is -0.444 e.